The summed E-state index contributed by atoms with van der Waals surface area (Å²) < 4.78 is 28.1. The van der Waals surface area contributed by atoms with Gasteiger partial charge >= 0.3 is 5.97 Å². The van der Waals surface area contributed by atoms with Gasteiger partial charge in [0.1, 0.15) is 11.5 Å². The van der Waals surface area contributed by atoms with Crippen molar-refractivity contribution in [1.82, 2.24) is 0 Å². The van der Waals surface area contributed by atoms with E-state index in [-0.39, 0.29) is 15.7 Å². The number of terminal acetylenes is 1. The SMILES string of the molecule is C#CCS(=O)(=O)c1ccc(OCC(=O)O)c(Cl)c1. The molecule has 5 nitrogen and oxygen atoms in total. The van der Waals surface area contributed by atoms with Crippen LogP contribution in [0.2, 0.25) is 5.02 Å². The summed E-state index contributed by atoms with van der Waals surface area (Å²) in [5.74, 6) is 0.547. The molecule has 0 fully saturated rings. The van der Waals surface area contributed by atoms with E-state index >= 15 is 0 Å². The third-order valence-electron chi connectivity index (χ3n) is 1.89. The minimum absolute atomic E-state index is 0.00865. The molecule has 0 aliphatic heterocycles. The molecule has 0 radical (unpaired) electrons. The van der Waals surface area contributed by atoms with Gasteiger partial charge < -0.3 is 9.84 Å². The van der Waals surface area contributed by atoms with Crippen molar-refractivity contribution in [3.63, 3.8) is 0 Å². The van der Waals surface area contributed by atoms with E-state index in [0.717, 1.165) is 0 Å². The third-order valence-corrected chi connectivity index (χ3v) is 3.70. The molecule has 0 saturated heterocycles. The molecule has 1 rings (SSSR count). The van der Waals surface area contributed by atoms with Crippen LogP contribution in [0.4, 0.5) is 0 Å². The van der Waals surface area contributed by atoms with Crippen molar-refractivity contribution in [2.24, 2.45) is 0 Å². The van der Waals surface area contributed by atoms with Gasteiger partial charge in [0.15, 0.2) is 16.4 Å². The Hall–Kier alpha value is -1.71. The highest BCUT2D eigenvalue weighted by molar-refractivity contribution is 7.91. The fourth-order valence-electron chi connectivity index (χ4n) is 1.12. The number of benzene rings is 1. The molecule has 1 aromatic rings. The van der Waals surface area contributed by atoms with E-state index in [1.165, 1.54) is 18.2 Å². The Morgan fingerprint density at radius 1 is 1.50 bits per heavy atom. The summed E-state index contributed by atoms with van der Waals surface area (Å²) >= 11 is 5.79. The summed E-state index contributed by atoms with van der Waals surface area (Å²) in [6.07, 6.45) is 4.95. The minimum Gasteiger partial charge on any atom is -0.480 e. The summed E-state index contributed by atoms with van der Waals surface area (Å²) in [6.45, 7) is -0.559. The van der Waals surface area contributed by atoms with Gasteiger partial charge in [-0.15, -0.1) is 6.42 Å². The second-order valence-electron chi connectivity index (χ2n) is 3.24. The molecular weight excluding hydrogens is 280 g/mol. The summed E-state index contributed by atoms with van der Waals surface area (Å²) in [5, 5.41) is 8.44. The Morgan fingerprint density at radius 2 is 2.17 bits per heavy atom. The van der Waals surface area contributed by atoms with Crippen LogP contribution in [0.25, 0.3) is 0 Å². The normalized spacial score (nSPS) is 10.7. The lowest BCUT2D eigenvalue weighted by Crippen LogP contribution is -2.10. The molecule has 0 unspecified atom stereocenters. The molecule has 0 amide bonds. The summed E-state index contributed by atoms with van der Waals surface area (Å²) in [7, 11) is -3.57. The van der Waals surface area contributed by atoms with Crippen LogP contribution < -0.4 is 4.74 Å². The highest BCUT2D eigenvalue weighted by atomic mass is 35.5. The first kappa shape index (κ1) is 14.4. The monoisotopic (exact) mass is 288 g/mol. The first-order chi connectivity index (χ1) is 8.36. The van der Waals surface area contributed by atoms with Crippen molar-refractivity contribution >= 4 is 27.4 Å². The topological polar surface area (TPSA) is 80.7 Å². The maximum Gasteiger partial charge on any atom is 0.341 e. The van der Waals surface area contributed by atoms with Crippen LogP contribution in [0.5, 0.6) is 5.75 Å². The van der Waals surface area contributed by atoms with Gasteiger partial charge in [0.05, 0.1) is 9.92 Å². The molecule has 0 aromatic heterocycles. The number of hydrogen-bond acceptors (Lipinski definition) is 4. The van der Waals surface area contributed by atoms with E-state index in [4.69, 9.17) is 27.9 Å². The minimum atomic E-state index is -3.57. The van der Waals surface area contributed by atoms with Crippen molar-refractivity contribution in [1.29, 1.82) is 0 Å². The second kappa shape index (κ2) is 5.76. The van der Waals surface area contributed by atoms with Crippen LogP contribution in [-0.4, -0.2) is 31.9 Å². The zero-order valence-corrected chi connectivity index (χ0v) is 10.7. The fraction of sp³-hybridized carbons (Fsp3) is 0.182. The highest BCUT2D eigenvalue weighted by Gasteiger charge is 2.15. The molecule has 1 N–H and O–H groups in total. The average Bonchev–Trinajstić information content (AvgIpc) is 2.27. The zero-order chi connectivity index (χ0) is 13.8. The van der Waals surface area contributed by atoms with Crippen molar-refractivity contribution in [2.75, 3.05) is 12.4 Å². The maximum absolute atomic E-state index is 11.6. The number of rotatable bonds is 5. The van der Waals surface area contributed by atoms with E-state index in [1.807, 2.05) is 5.92 Å². The van der Waals surface area contributed by atoms with Crippen LogP contribution in [0.1, 0.15) is 0 Å². The predicted molar refractivity (Wildman–Crippen MR) is 65.5 cm³/mol. The zero-order valence-electron chi connectivity index (χ0n) is 9.09. The molecule has 0 bridgehead atoms. The summed E-state index contributed by atoms with van der Waals surface area (Å²) in [4.78, 5) is 10.3. The summed E-state index contributed by atoms with van der Waals surface area (Å²) in [5.41, 5.74) is 0. The van der Waals surface area contributed by atoms with E-state index in [0.29, 0.717) is 0 Å². The number of carboxylic acids is 1. The van der Waals surface area contributed by atoms with Crippen molar-refractivity contribution < 1.29 is 23.1 Å². The molecule has 0 saturated carbocycles. The van der Waals surface area contributed by atoms with Crippen molar-refractivity contribution in [2.45, 2.75) is 4.90 Å². The van der Waals surface area contributed by atoms with Crippen LogP contribution >= 0.6 is 11.6 Å². The Morgan fingerprint density at radius 3 is 2.67 bits per heavy atom. The van der Waals surface area contributed by atoms with E-state index in [1.54, 1.807) is 0 Å². The number of carbonyl (C=O) groups is 1. The number of aliphatic carboxylic acids is 1. The number of hydrogen-bond donors (Lipinski definition) is 1. The van der Waals surface area contributed by atoms with Gasteiger partial charge in [0, 0.05) is 0 Å². The largest absolute Gasteiger partial charge is 0.480 e. The molecule has 0 atom stereocenters. The van der Waals surface area contributed by atoms with Crippen molar-refractivity contribution in [3.05, 3.63) is 23.2 Å². The smallest absolute Gasteiger partial charge is 0.341 e. The third kappa shape index (κ3) is 3.65. The predicted octanol–water partition coefficient (Wildman–Crippen LogP) is 1.21. The Balaban J connectivity index is 3.00. The molecule has 0 heterocycles. The van der Waals surface area contributed by atoms with Crippen LogP contribution in [-0.2, 0) is 14.6 Å². The lowest BCUT2D eigenvalue weighted by Gasteiger charge is -2.07. The summed E-state index contributed by atoms with van der Waals surface area (Å²) in [6, 6.07) is 3.72. The quantitative estimate of drug-likeness (QED) is 0.824. The van der Waals surface area contributed by atoms with E-state index in [2.05, 4.69) is 0 Å². The van der Waals surface area contributed by atoms with Gasteiger partial charge in [0.25, 0.3) is 0 Å². The molecular formula is C11H9ClO5S. The van der Waals surface area contributed by atoms with E-state index in [9.17, 15) is 13.2 Å². The van der Waals surface area contributed by atoms with Crippen LogP contribution in [0.15, 0.2) is 23.1 Å². The second-order valence-corrected chi connectivity index (χ2v) is 5.63. The van der Waals surface area contributed by atoms with E-state index < -0.39 is 28.2 Å². The van der Waals surface area contributed by atoms with Gasteiger partial charge in [0.2, 0.25) is 0 Å². The lowest BCUT2D eigenvalue weighted by molar-refractivity contribution is -0.139. The van der Waals surface area contributed by atoms with Crippen LogP contribution in [0, 0.1) is 12.3 Å². The van der Waals surface area contributed by atoms with Gasteiger partial charge in [-0.1, -0.05) is 17.5 Å². The molecule has 0 aliphatic carbocycles. The highest BCUT2D eigenvalue weighted by Crippen LogP contribution is 2.27. The molecule has 18 heavy (non-hydrogen) atoms. The Labute approximate surface area is 109 Å². The van der Waals surface area contributed by atoms with Gasteiger partial charge in [-0.3, -0.25) is 0 Å². The average molecular weight is 289 g/mol. The van der Waals surface area contributed by atoms with Crippen LogP contribution in [0.3, 0.4) is 0 Å². The number of sulfone groups is 1. The van der Waals surface area contributed by atoms with Gasteiger partial charge in [-0.2, -0.15) is 0 Å². The van der Waals surface area contributed by atoms with Crippen molar-refractivity contribution in [3.8, 4) is 18.1 Å². The molecule has 96 valence electrons. The number of ether oxygens (including phenoxy) is 1. The molecule has 0 aliphatic rings. The Bertz CT molecular complexity index is 600. The van der Waals surface area contributed by atoms with Gasteiger partial charge in [-0.25, -0.2) is 13.2 Å². The molecule has 1 aromatic carbocycles. The maximum atomic E-state index is 11.6. The molecule has 0 spiro atoms. The first-order valence-electron chi connectivity index (χ1n) is 4.67. The standard InChI is InChI=1S/C11H9ClO5S/c1-2-5-18(15,16)8-3-4-10(9(12)6-8)17-7-11(13)14/h1,3-4,6H,5,7H2,(H,13,14). The van der Waals surface area contributed by atoms with Gasteiger partial charge in [-0.05, 0) is 18.2 Å². The Kier molecular flexibility index (Phi) is 4.59. The first-order valence-corrected chi connectivity index (χ1v) is 6.70. The molecule has 7 heteroatoms. The fourth-order valence-corrected chi connectivity index (χ4v) is 2.38. The number of halogens is 1. The number of carboxylic acid groups (broad SMARTS) is 1. The lowest BCUT2D eigenvalue weighted by atomic mass is 10.3.